The third-order valence-corrected chi connectivity index (χ3v) is 4.28. The Morgan fingerprint density at radius 2 is 2.14 bits per heavy atom. The molecule has 0 aliphatic carbocycles. The van der Waals surface area contributed by atoms with Gasteiger partial charge >= 0.3 is 5.95 Å². The van der Waals surface area contributed by atoms with Crippen LogP contribution in [0, 0.1) is 10.1 Å². The molecule has 0 atom stereocenters. The number of ether oxygens (including phenoxy) is 1. The maximum absolute atomic E-state index is 11.9. The van der Waals surface area contributed by atoms with E-state index in [0.717, 1.165) is 17.7 Å². The quantitative estimate of drug-likeness (QED) is 0.505. The van der Waals surface area contributed by atoms with E-state index in [4.69, 9.17) is 4.74 Å². The molecule has 1 N–H and O–H groups in total. The molecule has 0 aromatic carbocycles. The molecule has 1 aromatic rings. The first-order valence-electron chi connectivity index (χ1n) is 6.41. The highest BCUT2D eigenvalue weighted by molar-refractivity contribution is 7.88. The Morgan fingerprint density at radius 1 is 1.43 bits per heavy atom. The minimum Gasteiger partial charge on any atom is -0.390 e. The molecule has 0 spiro atoms. The van der Waals surface area contributed by atoms with Crippen molar-refractivity contribution >= 4 is 16.0 Å². The van der Waals surface area contributed by atoms with Gasteiger partial charge in [0, 0.05) is 26.2 Å². The fourth-order valence-corrected chi connectivity index (χ4v) is 3.05. The Bertz CT molecular complexity index is 580. The van der Waals surface area contributed by atoms with Crippen molar-refractivity contribution in [3.8, 4) is 0 Å². The largest absolute Gasteiger partial charge is 0.435 e. The van der Waals surface area contributed by atoms with Crippen LogP contribution in [0.1, 0.15) is 0 Å². The van der Waals surface area contributed by atoms with Crippen molar-refractivity contribution in [1.29, 1.82) is 0 Å². The SMILES string of the molecule is O=[N+]([O-])c1nccn1CS(=O)(=O)NCCN1CCOCC1. The minimum absolute atomic E-state index is 0.255. The maximum atomic E-state index is 11.9. The van der Waals surface area contributed by atoms with Crippen LogP contribution < -0.4 is 4.72 Å². The summed E-state index contributed by atoms with van der Waals surface area (Å²) >= 11 is 0. The lowest BCUT2D eigenvalue weighted by atomic mass is 10.4. The molecule has 11 heteroatoms. The number of nitro groups is 1. The van der Waals surface area contributed by atoms with E-state index in [-0.39, 0.29) is 6.54 Å². The number of imidazole rings is 1. The van der Waals surface area contributed by atoms with Crippen LogP contribution >= 0.6 is 0 Å². The third kappa shape index (κ3) is 4.74. The van der Waals surface area contributed by atoms with Gasteiger partial charge in [0.15, 0.2) is 5.88 Å². The van der Waals surface area contributed by atoms with Gasteiger partial charge in [-0.05, 0) is 4.92 Å². The second-order valence-electron chi connectivity index (χ2n) is 4.55. The van der Waals surface area contributed by atoms with Crippen molar-refractivity contribution < 1.29 is 18.1 Å². The maximum Gasteiger partial charge on any atom is 0.435 e. The third-order valence-electron chi connectivity index (χ3n) is 3.02. The Kier molecular flexibility index (Phi) is 5.22. The molecule has 1 fully saturated rings. The Hall–Kier alpha value is -1.56. The molecule has 0 bridgehead atoms. The first-order valence-corrected chi connectivity index (χ1v) is 8.06. The van der Waals surface area contributed by atoms with Gasteiger partial charge in [0.2, 0.25) is 10.0 Å². The number of rotatable bonds is 7. The summed E-state index contributed by atoms with van der Waals surface area (Å²) in [5.74, 6) is -1.01. The molecular weight excluding hydrogens is 302 g/mol. The highest BCUT2D eigenvalue weighted by atomic mass is 32.2. The number of sulfonamides is 1. The Morgan fingerprint density at radius 3 is 2.81 bits per heavy atom. The van der Waals surface area contributed by atoms with E-state index in [1.807, 2.05) is 0 Å². The van der Waals surface area contributed by atoms with Crippen LogP contribution in [0.2, 0.25) is 0 Å². The molecular formula is C10H17N5O5S. The molecule has 0 unspecified atom stereocenters. The first-order chi connectivity index (χ1) is 9.98. The van der Waals surface area contributed by atoms with Crippen molar-refractivity contribution in [2.75, 3.05) is 39.4 Å². The van der Waals surface area contributed by atoms with Gasteiger partial charge in [0.25, 0.3) is 0 Å². The van der Waals surface area contributed by atoms with Gasteiger partial charge in [-0.15, -0.1) is 0 Å². The van der Waals surface area contributed by atoms with Crippen molar-refractivity contribution in [1.82, 2.24) is 19.2 Å². The molecule has 118 valence electrons. The van der Waals surface area contributed by atoms with Crippen LogP contribution in [0.25, 0.3) is 0 Å². The van der Waals surface area contributed by atoms with Gasteiger partial charge in [0.05, 0.1) is 13.2 Å². The van der Waals surface area contributed by atoms with E-state index < -0.39 is 26.8 Å². The molecule has 0 radical (unpaired) electrons. The van der Waals surface area contributed by atoms with Crippen LogP contribution in [0.4, 0.5) is 5.95 Å². The predicted molar refractivity (Wildman–Crippen MR) is 73.1 cm³/mol. The Labute approximate surface area is 121 Å². The summed E-state index contributed by atoms with van der Waals surface area (Å²) in [6.45, 7) is 3.67. The summed E-state index contributed by atoms with van der Waals surface area (Å²) < 4.78 is 32.4. The first kappa shape index (κ1) is 15.8. The van der Waals surface area contributed by atoms with Crippen molar-refractivity contribution in [2.24, 2.45) is 0 Å². The average molecular weight is 319 g/mol. The molecule has 21 heavy (non-hydrogen) atoms. The molecule has 0 amide bonds. The van der Waals surface area contributed by atoms with Gasteiger partial charge < -0.3 is 14.9 Å². The Balaban J connectivity index is 1.84. The van der Waals surface area contributed by atoms with Gasteiger partial charge in [-0.2, -0.15) is 0 Å². The minimum atomic E-state index is -3.65. The second-order valence-corrected chi connectivity index (χ2v) is 6.32. The summed E-state index contributed by atoms with van der Waals surface area (Å²) in [5, 5.41) is 10.7. The van der Waals surface area contributed by atoms with E-state index in [2.05, 4.69) is 14.6 Å². The number of morpholine rings is 1. The second kappa shape index (κ2) is 6.93. The summed E-state index contributed by atoms with van der Waals surface area (Å²) in [6, 6.07) is 0. The average Bonchev–Trinajstić information content (AvgIpc) is 2.87. The van der Waals surface area contributed by atoms with Gasteiger partial charge in [-0.3, -0.25) is 4.90 Å². The van der Waals surface area contributed by atoms with Crippen LogP contribution in [0.3, 0.4) is 0 Å². The van der Waals surface area contributed by atoms with Crippen LogP contribution in [-0.4, -0.2) is 67.2 Å². The van der Waals surface area contributed by atoms with Crippen LogP contribution in [-0.2, 0) is 20.6 Å². The molecule has 1 saturated heterocycles. The number of nitrogens with zero attached hydrogens (tertiary/aromatic N) is 4. The number of aromatic nitrogens is 2. The summed E-state index contributed by atoms with van der Waals surface area (Å²) in [6.07, 6.45) is 2.46. The van der Waals surface area contributed by atoms with Gasteiger partial charge in [0.1, 0.15) is 12.4 Å². The monoisotopic (exact) mass is 319 g/mol. The standard InChI is InChI=1S/C10H17N5O5S/c16-15(17)10-11-1-4-14(10)9-21(18,19)12-2-3-13-5-7-20-8-6-13/h1,4,12H,2-3,5-9H2. The molecule has 1 aliphatic rings. The number of hydrogen-bond acceptors (Lipinski definition) is 7. The van der Waals surface area contributed by atoms with Crippen molar-refractivity contribution in [2.45, 2.75) is 5.88 Å². The predicted octanol–water partition coefficient (Wildman–Crippen LogP) is -1.000. The lowest BCUT2D eigenvalue weighted by Gasteiger charge is -2.26. The van der Waals surface area contributed by atoms with Crippen molar-refractivity contribution in [3.05, 3.63) is 22.5 Å². The number of nitrogens with one attached hydrogen (secondary N) is 1. The zero-order valence-corrected chi connectivity index (χ0v) is 12.2. The van der Waals surface area contributed by atoms with E-state index in [9.17, 15) is 18.5 Å². The smallest absolute Gasteiger partial charge is 0.390 e. The highest BCUT2D eigenvalue weighted by Crippen LogP contribution is 2.08. The molecule has 0 saturated carbocycles. The lowest BCUT2D eigenvalue weighted by Crippen LogP contribution is -2.41. The van der Waals surface area contributed by atoms with E-state index >= 15 is 0 Å². The normalized spacial score (nSPS) is 17.0. The molecule has 10 nitrogen and oxygen atoms in total. The van der Waals surface area contributed by atoms with Crippen LogP contribution in [0.5, 0.6) is 0 Å². The topological polar surface area (TPSA) is 120 Å². The van der Waals surface area contributed by atoms with Crippen LogP contribution in [0.15, 0.2) is 12.4 Å². The number of hydrogen-bond donors (Lipinski definition) is 1. The van der Waals surface area contributed by atoms with E-state index in [1.54, 1.807) is 0 Å². The highest BCUT2D eigenvalue weighted by Gasteiger charge is 2.21. The summed E-state index contributed by atoms with van der Waals surface area (Å²) in [4.78, 5) is 15.6. The molecule has 1 aliphatic heterocycles. The fourth-order valence-electron chi connectivity index (χ4n) is 1.99. The zero-order valence-electron chi connectivity index (χ0n) is 11.3. The summed E-state index contributed by atoms with van der Waals surface area (Å²) in [5.41, 5.74) is 0. The summed E-state index contributed by atoms with van der Waals surface area (Å²) in [7, 11) is -3.65. The van der Waals surface area contributed by atoms with Crippen molar-refractivity contribution in [3.63, 3.8) is 0 Å². The molecule has 2 rings (SSSR count). The van der Waals surface area contributed by atoms with Gasteiger partial charge in [-0.25, -0.2) is 17.7 Å². The zero-order chi connectivity index (χ0) is 15.3. The van der Waals surface area contributed by atoms with Gasteiger partial charge in [-0.1, -0.05) is 4.98 Å². The molecule has 2 heterocycles. The lowest BCUT2D eigenvalue weighted by molar-refractivity contribution is -0.396. The fraction of sp³-hybridized carbons (Fsp3) is 0.700. The van der Waals surface area contributed by atoms with E-state index in [1.165, 1.54) is 12.4 Å². The van der Waals surface area contributed by atoms with E-state index in [0.29, 0.717) is 19.8 Å². The molecule has 1 aromatic heterocycles.